The highest BCUT2D eigenvalue weighted by Crippen LogP contribution is 2.32. The van der Waals surface area contributed by atoms with Gasteiger partial charge in [-0.3, -0.25) is 19.3 Å². The summed E-state index contributed by atoms with van der Waals surface area (Å²) in [5.74, 6) is -0.492. The van der Waals surface area contributed by atoms with Crippen molar-refractivity contribution in [2.24, 2.45) is 0 Å². The average Bonchev–Trinajstić information content (AvgIpc) is 3.07. The van der Waals surface area contributed by atoms with Gasteiger partial charge in [0.15, 0.2) is 0 Å². The molecular formula is C23H21FN2O5S. The van der Waals surface area contributed by atoms with Crippen molar-refractivity contribution in [1.82, 2.24) is 9.80 Å². The van der Waals surface area contributed by atoms with Crippen LogP contribution in [-0.2, 0) is 20.9 Å². The van der Waals surface area contributed by atoms with Gasteiger partial charge >= 0.3 is 0 Å². The minimum Gasteiger partial charge on any atom is -0.489 e. The lowest BCUT2D eigenvalue weighted by Gasteiger charge is -2.28. The molecule has 32 heavy (non-hydrogen) atoms. The van der Waals surface area contributed by atoms with E-state index in [9.17, 15) is 18.8 Å². The number of amides is 3. The normalized spacial score (nSPS) is 17.8. The Morgan fingerprint density at radius 1 is 1.12 bits per heavy atom. The van der Waals surface area contributed by atoms with Crippen molar-refractivity contribution in [3.63, 3.8) is 0 Å². The summed E-state index contributed by atoms with van der Waals surface area (Å²) < 4.78 is 24.0. The van der Waals surface area contributed by atoms with Crippen molar-refractivity contribution in [3.05, 3.63) is 70.4 Å². The highest BCUT2D eigenvalue weighted by molar-refractivity contribution is 8.18. The van der Waals surface area contributed by atoms with Crippen LogP contribution < -0.4 is 4.74 Å². The van der Waals surface area contributed by atoms with Crippen LogP contribution >= 0.6 is 11.8 Å². The number of imide groups is 1. The number of nitrogens with zero attached hydrogens (tertiary/aromatic N) is 2. The fourth-order valence-electron chi connectivity index (χ4n) is 3.28. The van der Waals surface area contributed by atoms with E-state index in [2.05, 4.69) is 0 Å². The molecule has 0 bridgehead atoms. The van der Waals surface area contributed by atoms with Gasteiger partial charge in [0.05, 0.1) is 18.1 Å². The smallest absolute Gasteiger partial charge is 0.294 e. The number of halogens is 1. The Morgan fingerprint density at radius 2 is 1.88 bits per heavy atom. The number of rotatable bonds is 6. The number of benzene rings is 2. The van der Waals surface area contributed by atoms with Crippen molar-refractivity contribution in [2.45, 2.75) is 6.61 Å². The van der Waals surface area contributed by atoms with Crippen LogP contribution in [0.3, 0.4) is 0 Å². The summed E-state index contributed by atoms with van der Waals surface area (Å²) in [7, 11) is 0. The summed E-state index contributed by atoms with van der Waals surface area (Å²) in [6.07, 6.45) is 1.61. The minimum absolute atomic E-state index is 0.250. The molecule has 0 aromatic heterocycles. The molecule has 7 nitrogen and oxygen atoms in total. The van der Waals surface area contributed by atoms with Gasteiger partial charge in [0.1, 0.15) is 24.7 Å². The predicted octanol–water partition coefficient (Wildman–Crippen LogP) is 3.30. The first-order valence-corrected chi connectivity index (χ1v) is 10.9. The Hall–Kier alpha value is -3.17. The molecule has 2 aromatic rings. The predicted molar refractivity (Wildman–Crippen MR) is 117 cm³/mol. The van der Waals surface area contributed by atoms with E-state index in [4.69, 9.17) is 9.47 Å². The first-order chi connectivity index (χ1) is 15.5. The number of thioether (sulfide) groups is 1. The van der Waals surface area contributed by atoms with Crippen LogP contribution in [0.25, 0.3) is 6.08 Å². The van der Waals surface area contributed by atoms with E-state index >= 15 is 0 Å². The Morgan fingerprint density at radius 3 is 2.62 bits per heavy atom. The molecule has 0 N–H and O–H groups in total. The molecule has 2 heterocycles. The van der Waals surface area contributed by atoms with Gasteiger partial charge in [0, 0.05) is 13.1 Å². The number of hydrogen-bond donors (Lipinski definition) is 0. The zero-order chi connectivity index (χ0) is 22.5. The van der Waals surface area contributed by atoms with Gasteiger partial charge in [-0.25, -0.2) is 4.39 Å². The summed E-state index contributed by atoms with van der Waals surface area (Å²) in [5, 5.41) is -0.466. The molecule has 0 spiro atoms. The first kappa shape index (κ1) is 22.0. The van der Waals surface area contributed by atoms with Gasteiger partial charge in [-0.2, -0.15) is 0 Å². The number of hydrogen-bond acceptors (Lipinski definition) is 6. The average molecular weight is 456 g/mol. The Labute approximate surface area is 188 Å². The summed E-state index contributed by atoms with van der Waals surface area (Å²) >= 11 is 0.809. The molecule has 0 unspecified atom stereocenters. The third kappa shape index (κ3) is 5.35. The molecule has 4 rings (SSSR count). The zero-order valence-electron chi connectivity index (χ0n) is 17.2. The van der Waals surface area contributed by atoms with Crippen LogP contribution in [-0.4, -0.2) is 59.7 Å². The van der Waals surface area contributed by atoms with E-state index in [1.807, 2.05) is 0 Å². The van der Waals surface area contributed by atoms with E-state index < -0.39 is 11.1 Å². The molecule has 0 aliphatic carbocycles. The van der Waals surface area contributed by atoms with Crippen molar-refractivity contribution in [1.29, 1.82) is 0 Å². The second kappa shape index (κ2) is 9.97. The molecule has 2 aliphatic rings. The standard InChI is InChI=1S/C23H21FN2O5S/c24-18-6-4-16(5-7-18)15-31-19-3-1-2-17(12-19)13-20-22(28)26(23(29)32-20)14-21(27)25-8-10-30-11-9-25/h1-7,12-13H,8-11,14-15H2/b20-13+. The topological polar surface area (TPSA) is 76.2 Å². The lowest BCUT2D eigenvalue weighted by Crippen LogP contribution is -2.46. The van der Waals surface area contributed by atoms with Crippen LogP contribution in [0.15, 0.2) is 53.4 Å². The van der Waals surface area contributed by atoms with Crippen LogP contribution in [0.4, 0.5) is 9.18 Å². The molecule has 2 fully saturated rings. The molecule has 0 radical (unpaired) electrons. The maximum Gasteiger partial charge on any atom is 0.294 e. The van der Waals surface area contributed by atoms with E-state index in [0.717, 1.165) is 22.2 Å². The molecule has 2 aliphatic heterocycles. The molecule has 9 heteroatoms. The van der Waals surface area contributed by atoms with E-state index in [0.29, 0.717) is 37.6 Å². The SMILES string of the molecule is O=C(CN1C(=O)S/C(=C/c2cccc(OCc3ccc(F)cc3)c2)C1=O)N1CCOCC1. The third-order valence-corrected chi connectivity index (χ3v) is 5.91. The maximum absolute atomic E-state index is 13.0. The summed E-state index contributed by atoms with van der Waals surface area (Å²) in [6.45, 7) is 1.80. The van der Waals surface area contributed by atoms with Gasteiger partial charge in [0.25, 0.3) is 11.1 Å². The molecule has 2 saturated heterocycles. The van der Waals surface area contributed by atoms with Gasteiger partial charge < -0.3 is 14.4 Å². The maximum atomic E-state index is 13.0. The number of morpholine rings is 1. The van der Waals surface area contributed by atoms with E-state index in [1.54, 1.807) is 47.4 Å². The Bertz CT molecular complexity index is 1050. The number of carbonyl (C=O) groups is 3. The fourth-order valence-corrected chi connectivity index (χ4v) is 4.12. The van der Waals surface area contributed by atoms with Crippen molar-refractivity contribution in [3.8, 4) is 5.75 Å². The highest BCUT2D eigenvalue weighted by atomic mass is 32.2. The van der Waals surface area contributed by atoms with Gasteiger partial charge in [-0.15, -0.1) is 0 Å². The molecule has 166 valence electrons. The first-order valence-electron chi connectivity index (χ1n) is 10.1. The van der Waals surface area contributed by atoms with Gasteiger partial charge in [-0.05, 0) is 53.2 Å². The molecular weight excluding hydrogens is 435 g/mol. The van der Waals surface area contributed by atoms with Crippen LogP contribution in [0.1, 0.15) is 11.1 Å². The number of carbonyl (C=O) groups excluding carboxylic acids is 3. The minimum atomic E-state index is -0.487. The summed E-state index contributed by atoms with van der Waals surface area (Å²) in [5.41, 5.74) is 1.51. The molecule has 2 aromatic carbocycles. The molecule has 3 amide bonds. The summed E-state index contributed by atoms with van der Waals surface area (Å²) in [6, 6.07) is 13.1. The van der Waals surface area contributed by atoms with Crippen LogP contribution in [0.2, 0.25) is 0 Å². The van der Waals surface area contributed by atoms with Crippen LogP contribution in [0, 0.1) is 5.82 Å². The summed E-state index contributed by atoms with van der Waals surface area (Å²) in [4.78, 5) is 40.3. The fraction of sp³-hybridized carbons (Fsp3) is 0.261. The zero-order valence-corrected chi connectivity index (χ0v) is 18.0. The van der Waals surface area contributed by atoms with Crippen molar-refractivity contribution >= 4 is 34.9 Å². The lowest BCUT2D eigenvalue weighted by molar-refractivity contribution is -0.139. The number of ether oxygens (including phenoxy) is 2. The Balaban J connectivity index is 1.40. The van der Waals surface area contributed by atoms with Crippen molar-refractivity contribution < 1.29 is 28.2 Å². The second-order valence-electron chi connectivity index (χ2n) is 7.25. The third-order valence-electron chi connectivity index (χ3n) is 5.01. The van der Waals surface area contributed by atoms with E-state index in [-0.39, 0.29) is 29.8 Å². The quantitative estimate of drug-likeness (QED) is 0.621. The van der Waals surface area contributed by atoms with Crippen LogP contribution in [0.5, 0.6) is 5.75 Å². The Kier molecular flexibility index (Phi) is 6.87. The van der Waals surface area contributed by atoms with E-state index in [1.165, 1.54) is 12.1 Å². The largest absolute Gasteiger partial charge is 0.489 e. The lowest BCUT2D eigenvalue weighted by atomic mass is 10.2. The van der Waals surface area contributed by atoms with Crippen molar-refractivity contribution in [2.75, 3.05) is 32.8 Å². The second-order valence-corrected chi connectivity index (χ2v) is 8.24. The van der Waals surface area contributed by atoms with Gasteiger partial charge in [-0.1, -0.05) is 24.3 Å². The molecule has 0 saturated carbocycles. The van der Waals surface area contributed by atoms with Gasteiger partial charge in [0.2, 0.25) is 5.91 Å². The monoisotopic (exact) mass is 456 g/mol. The highest BCUT2D eigenvalue weighted by Gasteiger charge is 2.37. The molecule has 0 atom stereocenters.